The van der Waals surface area contributed by atoms with Crippen LogP contribution in [0.15, 0.2) is 0 Å². The van der Waals surface area contributed by atoms with Gasteiger partial charge in [0.25, 0.3) is 0 Å². The van der Waals surface area contributed by atoms with Crippen LogP contribution < -0.4 is 0 Å². The minimum atomic E-state index is -4.75. The molecule has 3 saturated carbocycles. The number of halogens is 4. The van der Waals surface area contributed by atoms with Gasteiger partial charge in [-0.05, 0) is 50.4 Å². The van der Waals surface area contributed by atoms with Crippen LogP contribution in [0.1, 0.15) is 72.6 Å². The lowest BCUT2D eigenvalue weighted by Gasteiger charge is -2.26. The fourth-order valence-corrected chi connectivity index (χ4v) is 4.52. The molecule has 0 spiro atoms. The van der Waals surface area contributed by atoms with E-state index in [1.54, 1.807) is 0 Å². The van der Waals surface area contributed by atoms with E-state index in [9.17, 15) is 27.5 Å². The average molecular weight is 346 g/mol. The summed E-state index contributed by atoms with van der Waals surface area (Å²) in [4.78, 5) is 11.6. The van der Waals surface area contributed by atoms with Crippen molar-refractivity contribution in [3.05, 3.63) is 17.0 Å². The molecule has 1 aromatic heterocycles. The molecular formula is C16H18F4N2O2. The zero-order valence-electron chi connectivity index (χ0n) is 13.0. The number of fused-ring (bicyclic) bond motifs is 2. The summed E-state index contributed by atoms with van der Waals surface area (Å²) in [6.45, 7) is 0.0517. The predicted octanol–water partition coefficient (Wildman–Crippen LogP) is 4.15. The summed E-state index contributed by atoms with van der Waals surface area (Å²) in [6, 6.07) is 0. The lowest BCUT2D eigenvalue weighted by atomic mass is 9.84. The fraction of sp³-hybridized carbons (Fsp3) is 0.750. The van der Waals surface area contributed by atoms with Gasteiger partial charge in [0.2, 0.25) is 0 Å². The zero-order chi connectivity index (χ0) is 17.3. The Morgan fingerprint density at radius 3 is 2.29 bits per heavy atom. The monoisotopic (exact) mass is 346 g/mol. The van der Waals surface area contributed by atoms with Crippen molar-refractivity contribution in [3.63, 3.8) is 0 Å². The predicted molar refractivity (Wildman–Crippen MR) is 75.5 cm³/mol. The molecule has 0 radical (unpaired) electrons. The van der Waals surface area contributed by atoms with E-state index in [2.05, 4.69) is 5.10 Å². The first-order valence-corrected chi connectivity index (χ1v) is 8.23. The van der Waals surface area contributed by atoms with Gasteiger partial charge in [-0.15, -0.1) is 0 Å². The van der Waals surface area contributed by atoms with E-state index in [-0.39, 0.29) is 18.2 Å². The maximum absolute atomic E-state index is 14.4. The highest BCUT2D eigenvalue weighted by molar-refractivity contribution is 5.88. The van der Waals surface area contributed by atoms with E-state index in [1.807, 2.05) is 0 Å². The minimum absolute atomic E-state index is 0.0517. The lowest BCUT2D eigenvalue weighted by Crippen LogP contribution is -2.25. The zero-order valence-corrected chi connectivity index (χ0v) is 13.0. The molecular weight excluding hydrogens is 328 g/mol. The summed E-state index contributed by atoms with van der Waals surface area (Å²) < 4.78 is 55.7. The molecule has 1 aromatic rings. The molecule has 8 heteroatoms. The van der Waals surface area contributed by atoms with Crippen LogP contribution in [0.5, 0.6) is 0 Å². The molecule has 3 aliphatic rings. The largest absolute Gasteiger partial charge is 0.477 e. The van der Waals surface area contributed by atoms with Gasteiger partial charge in [0.15, 0.2) is 5.69 Å². The molecule has 3 fully saturated rings. The van der Waals surface area contributed by atoms with E-state index >= 15 is 0 Å². The van der Waals surface area contributed by atoms with Gasteiger partial charge in [0, 0.05) is 12.5 Å². The summed E-state index contributed by atoms with van der Waals surface area (Å²) in [5.74, 6) is -1.94. The molecule has 0 aromatic carbocycles. The molecule has 132 valence electrons. The van der Waals surface area contributed by atoms with Crippen LogP contribution in [0.2, 0.25) is 0 Å². The molecule has 1 heterocycles. The molecule has 2 bridgehead atoms. The highest BCUT2D eigenvalue weighted by Gasteiger charge is 2.56. The number of carboxylic acid groups (broad SMARTS) is 1. The van der Waals surface area contributed by atoms with Crippen molar-refractivity contribution in [2.75, 3.05) is 0 Å². The number of carbonyl (C=O) groups is 1. The maximum Gasteiger partial charge on any atom is 0.420 e. The van der Waals surface area contributed by atoms with Crippen molar-refractivity contribution in [3.8, 4) is 0 Å². The van der Waals surface area contributed by atoms with Crippen LogP contribution in [-0.4, -0.2) is 26.5 Å². The van der Waals surface area contributed by atoms with Crippen LogP contribution in [0.25, 0.3) is 0 Å². The molecule has 0 unspecified atom stereocenters. The van der Waals surface area contributed by atoms with Gasteiger partial charge in [-0.2, -0.15) is 18.3 Å². The van der Waals surface area contributed by atoms with Crippen LogP contribution in [0.4, 0.5) is 17.6 Å². The van der Waals surface area contributed by atoms with Crippen LogP contribution in [0.3, 0.4) is 0 Å². The van der Waals surface area contributed by atoms with Gasteiger partial charge in [0.1, 0.15) is 11.2 Å². The Morgan fingerprint density at radius 2 is 1.88 bits per heavy atom. The number of rotatable bonds is 4. The number of carboxylic acids is 1. The van der Waals surface area contributed by atoms with Gasteiger partial charge in [0.05, 0.1) is 5.69 Å². The number of alkyl halides is 4. The second-order valence-corrected chi connectivity index (χ2v) is 7.67. The Morgan fingerprint density at radius 1 is 1.25 bits per heavy atom. The fourth-order valence-electron chi connectivity index (χ4n) is 4.52. The highest BCUT2D eigenvalue weighted by Crippen LogP contribution is 2.59. The van der Waals surface area contributed by atoms with Crippen molar-refractivity contribution in [1.82, 2.24) is 9.78 Å². The third kappa shape index (κ3) is 2.41. The Kier molecular flexibility index (Phi) is 3.13. The second kappa shape index (κ2) is 4.73. The first-order valence-electron chi connectivity index (χ1n) is 8.23. The van der Waals surface area contributed by atoms with E-state index in [4.69, 9.17) is 0 Å². The number of hydrogen-bond donors (Lipinski definition) is 1. The molecule has 0 aliphatic heterocycles. The summed E-state index contributed by atoms with van der Waals surface area (Å²) >= 11 is 0. The number of aromatic carboxylic acids is 1. The Labute approximate surface area is 135 Å². The topological polar surface area (TPSA) is 55.1 Å². The van der Waals surface area contributed by atoms with Crippen LogP contribution >= 0.6 is 0 Å². The Hall–Kier alpha value is -1.60. The summed E-state index contributed by atoms with van der Waals surface area (Å²) in [6.07, 6.45) is -1.33. The van der Waals surface area contributed by atoms with E-state index in [0.717, 1.165) is 4.68 Å². The second-order valence-electron chi connectivity index (χ2n) is 7.67. The molecule has 4 nitrogen and oxygen atoms in total. The van der Waals surface area contributed by atoms with Crippen molar-refractivity contribution in [1.29, 1.82) is 0 Å². The molecule has 0 saturated heterocycles. The smallest absolute Gasteiger partial charge is 0.420 e. The van der Waals surface area contributed by atoms with Gasteiger partial charge in [-0.25, -0.2) is 9.18 Å². The van der Waals surface area contributed by atoms with Gasteiger partial charge in [-0.1, -0.05) is 0 Å². The van der Waals surface area contributed by atoms with Crippen molar-refractivity contribution in [2.45, 2.75) is 69.3 Å². The van der Waals surface area contributed by atoms with Crippen molar-refractivity contribution >= 4 is 5.97 Å². The normalized spacial score (nSPS) is 32.5. The molecule has 1 N–H and O–H groups in total. The SMILES string of the molecule is O=C(O)c1c(C(F)(F)F)c(C2CC2)nn1CC12CCC(F)(CC1)C2. The van der Waals surface area contributed by atoms with Crippen LogP contribution in [-0.2, 0) is 12.7 Å². The molecule has 0 amide bonds. The Balaban J connectivity index is 1.77. The summed E-state index contributed by atoms with van der Waals surface area (Å²) in [7, 11) is 0. The lowest BCUT2D eigenvalue weighted by molar-refractivity contribution is -0.138. The van der Waals surface area contributed by atoms with Gasteiger partial charge < -0.3 is 5.11 Å². The van der Waals surface area contributed by atoms with E-state index < -0.39 is 34.5 Å². The van der Waals surface area contributed by atoms with Gasteiger partial charge in [-0.3, -0.25) is 4.68 Å². The summed E-state index contributed by atoms with van der Waals surface area (Å²) in [5, 5.41) is 13.4. The standard InChI is InChI=1S/C16H18F4N2O2/c17-15-5-3-14(7-15,4-6-15)8-22-12(13(23)24)10(16(18,19)20)11(21-22)9-1-2-9/h9H,1-8H2,(H,23,24). The van der Waals surface area contributed by atoms with Crippen molar-refractivity contribution < 1.29 is 27.5 Å². The number of aromatic nitrogens is 2. The first kappa shape index (κ1) is 15.9. The first-order chi connectivity index (χ1) is 11.1. The van der Waals surface area contributed by atoms with Crippen molar-refractivity contribution in [2.24, 2.45) is 5.41 Å². The van der Waals surface area contributed by atoms with Crippen LogP contribution in [0, 0.1) is 5.41 Å². The van der Waals surface area contributed by atoms with E-state index in [0.29, 0.717) is 44.9 Å². The quantitative estimate of drug-likeness (QED) is 0.833. The number of hydrogen-bond acceptors (Lipinski definition) is 2. The molecule has 0 atom stereocenters. The Bertz CT molecular complexity index is 698. The summed E-state index contributed by atoms with van der Waals surface area (Å²) in [5.41, 5.74) is -3.76. The minimum Gasteiger partial charge on any atom is -0.477 e. The number of nitrogens with zero attached hydrogens (tertiary/aromatic N) is 2. The molecule has 4 rings (SSSR count). The third-order valence-electron chi connectivity index (χ3n) is 5.81. The molecule has 3 aliphatic carbocycles. The highest BCUT2D eigenvalue weighted by atomic mass is 19.4. The maximum atomic E-state index is 14.4. The van der Waals surface area contributed by atoms with E-state index in [1.165, 1.54) is 0 Å². The third-order valence-corrected chi connectivity index (χ3v) is 5.81. The average Bonchev–Trinajstić information content (AvgIpc) is 3.05. The van der Waals surface area contributed by atoms with Gasteiger partial charge >= 0.3 is 12.1 Å². The molecule has 24 heavy (non-hydrogen) atoms.